The number of likely N-dealkylation sites (N-methyl/N-ethyl adjacent to an activating group) is 1. The second-order valence-electron chi connectivity index (χ2n) is 8.72. The normalized spacial score (nSPS) is 23.0. The number of nitrogens with one attached hydrogen (secondary N) is 2. The maximum atomic E-state index is 15.1. The van der Waals surface area contributed by atoms with Crippen LogP contribution in [0.15, 0.2) is 24.4 Å². The first-order valence-corrected chi connectivity index (χ1v) is 10.9. The zero-order chi connectivity index (χ0) is 21.5. The highest BCUT2D eigenvalue weighted by molar-refractivity contribution is 5.90. The van der Waals surface area contributed by atoms with Crippen molar-refractivity contribution in [2.24, 2.45) is 0 Å². The molecule has 8 nitrogen and oxygen atoms in total. The first kappa shape index (κ1) is 20.1. The molecule has 0 unspecified atom stereocenters. The standard InChI is InChI=1S/C22H29FN8/c1-14-11-24-12-15(2)31(14)22-25-13-18-21(26-22)20(28-27-18)16-4-5-19(17(23)10-16)30-8-6-29(3)7-9-30/h4-5,10,13-15,24H,6-9,11-12H2,1-3H3,(H,27,28)/t14-,15+. The van der Waals surface area contributed by atoms with E-state index in [1.807, 2.05) is 12.1 Å². The van der Waals surface area contributed by atoms with Gasteiger partial charge in [-0.2, -0.15) is 5.10 Å². The van der Waals surface area contributed by atoms with Crippen LogP contribution < -0.4 is 15.1 Å². The fraction of sp³-hybridized carbons (Fsp3) is 0.500. The maximum absolute atomic E-state index is 15.1. The average Bonchev–Trinajstić information content (AvgIpc) is 3.18. The number of fused-ring (bicyclic) bond motifs is 1. The van der Waals surface area contributed by atoms with Gasteiger partial charge in [-0.3, -0.25) is 5.10 Å². The number of hydrogen-bond donors (Lipinski definition) is 2. The first-order valence-electron chi connectivity index (χ1n) is 10.9. The van der Waals surface area contributed by atoms with E-state index in [1.165, 1.54) is 0 Å². The Labute approximate surface area is 181 Å². The minimum Gasteiger partial charge on any atom is -0.367 e. The van der Waals surface area contributed by atoms with Gasteiger partial charge >= 0.3 is 0 Å². The van der Waals surface area contributed by atoms with Crippen LogP contribution in [0.25, 0.3) is 22.3 Å². The molecule has 0 bridgehead atoms. The van der Waals surface area contributed by atoms with Crippen LogP contribution in [0, 0.1) is 5.82 Å². The molecule has 0 spiro atoms. The Hall–Kier alpha value is -2.78. The van der Waals surface area contributed by atoms with Gasteiger partial charge in [0.2, 0.25) is 5.95 Å². The Morgan fingerprint density at radius 1 is 1.06 bits per heavy atom. The van der Waals surface area contributed by atoms with E-state index >= 15 is 4.39 Å². The van der Waals surface area contributed by atoms with E-state index in [1.54, 1.807) is 12.3 Å². The summed E-state index contributed by atoms with van der Waals surface area (Å²) in [5, 5.41) is 10.9. The number of hydrogen-bond acceptors (Lipinski definition) is 7. The van der Waals surface area contributed by atoms with Crippen molar-refractivity contribution in [3.05, 3.63) is 30.2 Å². The van der Waals surface area contributed by atoms with Crippen LogP contribution in [0.2, 0.25) is 0 Å². The minimum absolute atomic E-state index is 0.225. The number of piperazine rings is 2. The van der Waals surface area contributed by atoms with Gasteiger partial charge in [0, 0.05) is 56.9 Å². The van der Waals surface area contributed by atoms with E-state index in [0.29, 0.717) is 22.9 Å². The fourth-order valence-electron chi connectivity index (χ4n) is 4.61. The summed E-state index contributed by atoms with van der Waals surface area (Å²) in [6.07, 6.45) is 1.77. The summed E-state index contributed by atoms with van der Waals surface area (Å²) < 4.78 is 15.1. The van der Waals surface area contributed by atoms with Crippen molar-refractivity contribution in [1.82, 2.24) is 30.4 Å². The van der Waals surface area contributed by atoms with Crippen LogP contribution in [0.1, 0.15) is 13.8 Å². The Morgan fingerprint density at radius 2 is 1.81 bits per heavy atom. The lowest BCUT2D eigenvalue weighted by Gasteiger charge is -2.39. The molecule has 2 fully saturated rings. The van der Waals surface area contributed by atoms with E-state index < -0.39 is 0 Å². The molecule has 0 amide bonds. The number of H-pyrrole nitrogens is 1. The second-order valence-corrected chi connectivity index (χ2v) is 8.72. The van der Waals surface area contributed by atoms with E-state index in [2.05, 4.69) is 56.1 Å². The van der Waals surface area contributed by atoms with Crippen molar-refractivity contribution < 1.29 is 4.39 Å². The highest BCUT2D eigenvalue weighted by Gasteiger charge is 2.27. The molecule has 0 aliphatic carbocycles. The number of aromatic nitrogens is 4. The summed E-state index contributed by atoms with van der Waals surface area (Å²) in [7, 11) is 2.09. The molecule has 5 rings (SSSR count). The number of nitrogens with zero attached hydrogens (tertiary/aromatic N) is 6. The van der Waals surface area contributed by atoms with E-state index in [4.69, 9.17) is 4.98 Å². The van der Waals surface area contributed by atoms with Crippen molar-refractivity contribution in [1.29, 1.82) is 0 Å². The van der Waals surface area contributed by atoms with E-state index in [-0.39, 0.29) is 17.9 Å². The van der Waals surface area contributed by atoms with Crippen LogP contribution in [0.5, 0.6) is 0 Å². The molecule has 0 saturated carbocycles. The van der Waals surface area contributed by atoms with E-state index in [0.717, 1.165) is 50.3 Å². The Balaban J connectivity index is 1.48. The van der Waals surface area contributed by atoms with Crippen LogP contribution in [-0.4, -0.2) is 83.5 Å². The van der Waals surface area contributed by atoms with Gasteiger partial charge in [-0.25, -0.2) is 14.4 Å². The Kier molecular flexibility index (Phi) is 5.23. The molecular formula is C22H29FN8. The molecule has 2 N–H and O–H groups in total. The van der Waals surface area contributed by atoms with Crippen LogP contribution in [0.3, 0.4) is 0 Å². The lowest BCUT2D eigenvalue weighted by molar-refractivity contribution is 0.311. The molecule has 0 radical (unpaired) electrons. The molecular weight excluding hydrogens is 395 g/mol. The minimum atomic E-state index is -0.225. The molecule has 2 saturated heterocycles. The predicted molar refractivity (Wildman–Crippen MR) is 121 cm³/mol. The summed E-state index contributed by atoms with van der Waals surface area (Å²) in [5.41, 5.74) is 3.48. The summed E-state index contributed by atoms with van der Waals surface area (Å²) in [6.45, 7) is 9.65. The monoisotopic (exact) mass is 424 g/mol. The van der Waals surface area contributed by atoms with Crippen LogP contribution >= 0.6 is 0 Å². The highest BCUT2D eigenvalue weighted by atomic mass is 19.1. The highest BCUT2D eigenvalue weighted by Crippen LogP contribution is 2.30. The predicted octanol–water partition coefficient (Wildman–Crippen LogP) is 2.10. The fourth-order valence-corrected chi connectivity index (χ4v) is 4.61. The average molecular weight is 425 g/mol. The number of aromatic amines is 1. The Morgan fingerprint density at radius 3 is 2.52 bits per heavy atom. The lowest BCUT2D eigenvalue weighted by Crippen LogP contribution is -2.55. The summed E-state index contributed by atoms with van der Waals surface area (Å²) in [5.74, 6) is 0.461. The zero-order valence-corrected chi connectivity index (χ0v) is 18.3. The van der Waals surface area contributed by atoms with Crippen molar-refractivity contribution in [3.8, 4) is 11.3 Å². The zero-order valence-electron chi connectivity index (χ0n) is 18.3. The summed E-state index contributed by atoms with van der Waals surface area (Å²) >= 11 is 0. The molecule has 2 aliphatic rings. The second kappa shape index (κ2) is 8.05. The molecule has 9 heteroatoms. The van der Waals surface area contributed by atoms with Gasteiger partial charge in [0.25, 0.3) is 0 Å². The third-order valence-corrected chi connectivity index (χ3v) is 6.41. The quantitative estimate of drug-likeness (QED) is 0.667. The van der Waals surface area contributed by atoms with Crippen molar-refractivity contribution in [3.63, 3.8) is 0 Å². The summed E-state index contributed by atoms with van der Waals surface area (Å²) in [6, 6.07) is 5.94. The van der Waals surface area contributed by atoms with Gasteiger partial charge in [-0.05, 0) is 33.0 Å². The largest absolute Gasteiger partial charge is 0.367 e. The molecule has 31 heavy (non-hydrogen) atoms. The third kappa shape index (κ3) is 3.72. The van der Waals surface area contributed by atoms with Crippen molar-refractivity contribution in [2.45, 2.75) is 25.9 Å². The maximum Gasteiger partial charge on any atom is 0.226 e. The van der Waals surface area contributed by atoms with Crippen LogP contribution in [0.4, 0.5) is 16.0 Å². The number of halogens is 1. The molecule has 164 valence electrons. The number of rotatable bonds is 3. The van der Waals surface area contributed by atoms with Gasteiger partial charge in [-0.15, -0.1) is 0 Å². The molecule has 2 aliphatic heterocycles. The molecule has 2 atom stereocenters. The topological polar surface area (TPSA) is 76.2 Å². The smallest absolute Gasteiger partial charge is 0.226 e. The molecule has 2 aromatic heterocycles. The number of anilines is 2. The van der Waals surface area contributed by atoms with Gasteiger partial charge in [0.15, 0.2) is 0 Å². The Bertz CT molecular complexity index is 1060. The van der Waals surface area contributed by atoms with Gasteiger partial charge in [0.05, 0.1) is 11.9 Å². The van der Waals surface area contributed by atoms with Crippen molar-refractivity contribution in [2.75, 3.05) is 56.1 Å². The van der Waals surface area contributed by atoms with E-state index in [9.17, 15) is 0 Å². The summed E-state index contributed by atoms with van der Waals surface area (Å²) in [4.78, 5) is 16.0. The molecule has 1 aromatic carbocycles. The third-order valence-electron chi connectivity index (χ3n) is 6.41. The lowest BCUT2D eigenvalue weighted by atomic mass is 10.1. The van der Waals surface area contributed by atoms with Gasteiger partial charge < -0.3 is 20.0 Å². The SMILES string of the molecule is C[C@@H]1CNC[C@H](C)N1c1ncc2[nH]nc(-c3ccc(N4CCN(C)CC4)c(F)c3)c2n1. The van der Waals surface area contributed by atoms with Gasteiger partial charge in [0.1, 0.15) is 22.5 Å². The number of benzene rings is 1. The molecule has 4 heterocycles. The van der Waals surface area contributed by atoms with Crippen molar-refractivity contribution >= 4 is 22.7 Å². The van der Waals surface area contributed by atoms with Crippen LogP contribution in [-0.2, 0) is 0 Å². The first-order chi connectivity index (χ1) is 15.0. The molecule has 3 aromatic rings. The van der Waals surface area contributed by atoms with Gasteiger partial charge in [-0.1, -0.05) is 6.07 Å².